The highest BCUT2D eigenvalue weighted by molar-refractivity contribution is 6.30. The molecule has 36 heavy (non-hydrogen) atoms. The second-order valence-corrected chi connectivity index (χ2v) is 11.1. The highest BCUT2D eigenvalue weighted by Crippen LogP contribution is 2.40. The van der Waals surface area contributed by atoms with E-state index in [1.54, 1.807) is 13.1 Å². The number of hydrogen-bond acceptors (Lipinski definition) is 4. The molecule has 1 saturated heterocycles. The summed E-state index contributed by atoms with van der Waals surface area (Å²) in [4.78, 5) is 27.1. The average molecular weight is 521 g/mol. The van der Waals surface area contributed by atoms with Crippen LogP contribution in [0.1, 0.15) is 76.2 Å². The molecule has 0 radical (unpaired) electrons. The number of aliphatic hydroxyl groups is 1. The number of likely N-dealkylation sites (N-methyl/N-ethyl adjacent to an activating group) is 1. The summed E-state index contributed by atoms with van der Waals surface area (Å²) in [5, 5.41) is 21.8. The van der Waals surface area contributed by atoms with E-state index in [1.807, 2.05) is 30.1 Å². The van der Waals surface area contributed by atoms with Crippen LogP contribution in [-0.2, 0) is 10.4 Å². The van der Waals surface area contributed by atoms with Gasteiger partial charge in [0.25, 0.3) is 0 Å². The van der Waals surface area contributed by atoms with Gasteiger partial charge in [-0.3, -0.25) is 4.79 Å². The first kappa shape index (κ1) is 28.7. The number of halogens is 1. The monoisotopic (exact) mass is 520 g/mol. The minimum Gasteiger partial charge on any atom is -0.385 e. The first-order valence-electron chi connectivity index (χ1n) is 13.7. The van der Waals surface area contributed by atoms with Crippen molar-refractivity contribution in [2.24, 2.45) is 11.8 Å². The molecule has 0 spiro atoms. The molecule has 202 valence electrons. The molecule has 7 nitrogen and oxygen atoms in total. The number of carbonyl (C=O) groups is 2. The molecular formula is C28H45ClN4O3. The minimum atomic E-state index is -1.16. The molecule has 1 heterocycles. The molecule has 1 aromatic rings. The SMILES string of the molecule is CNCC(CC1CCCCC1)NC(=O)N1CCCC(C(O)(CCCC(=O)NC)c2cccc(Cl)c2)C1. The van der Waals surface area contributed by atoms with E-state index in [4.69, 9.17) is 11.6 Å². The van der Waals surface area contributed by atoms with Crippen LogP contribution in [0.2, 0.25) is 5.02 Å². The van der Waals surface area contributed by atoms with Gasteiger partial charge in [-0.25, -0.2) is 4.79 Å². The van der Waals surface area contributed by atoms with Crippen molar-refractivity contribution < 1.29 is 14.7 Å². The molecule has 3 amide bonds. The number of piperidine rings is 1. The molecule has 1 aliphatic heterocycles. The number of likely N-dealkylation sites (tertiary alicyclic amines) is 1. The predicted octanol–water partition coefficient (Wildman–Crippen LogP) is 4.42. The number of urea groups is 1. The van der Waals surface area contributed by atoms with Crippen molar-refractivity contribution in [3.63, 3.8) is 0 Å². The maximum atomic E-state index is 13.4. The summed E-state index contributed by atoms with van der Waals surface area (Å²) in [5.41, 5.74) is -0.408. The van der Waals surface area contributed by atoms with Gasteiger partial charge >= 0.3 is 6.03 Å². The van der Waals surface area contributed by atoms with Gasteiger partial charge in [0.15, 0.2) is 0 Å². The number of benzene rings is 1. The van der Waals surface area contributed by atoms with Crippen molar-refractivity contribution in [1.29, 1.82) is 0 Å². The lowest BCUT2D eigenvalue weighted by atomic mass is 9.74. The van der Waals surface area contributed by atoms with E-state index in [2.05, 4.69) is 16.0 Å². The lowest BCUT2D eigenvalue weighted by molar-refractivity contribution is -0.121. The highest BCUT2D eigenvalue weighted by Gasteiger charge is 2.41. The summed E-state index contributed by atoms with van der Waals surface area (Å²) >= 11 is 6.29. The normalized spacial score (nSPS) is 21.4. The topological polar surface area (TPSA) is 93.7 Å². The number of carbonyl (C=O) groups excluding carboxylic acids is 2. The smallest absolute Gasteiger partial charge is 0.317 e. The van der Waals surface area contributed by atoms with E-state index in [-0.39, 0.29) is 23.9 Å². The fraction of sp³-hybridized carbons (Fsp3) is 0.714. The van der Waals surface area contributed by atoms with Crippen LogP contribution >= 0.6 is 11.6 Å². The van der Waals surface area contributed by atoms with Crippen LogP contribution in [0.3, 0.4) is 0 Å². The molecular weight excluding hydrogens is 476 g/mol. The van der Waals surface area contributed by atoms with Gasteiger partial charge in [0.05, 0.1) is 5.60 Å². The van der Waals surface area contributed by atoms with E-state index < -0.39 is 5.60 Å². The number of rotatable bonds is 11. The fourth-order valence-electron chi connectivity index (χ4n) is 6.07. The Balaban J connectivity index is 1.69. The van der Waals surface area contributed by atoms with Gasteiger partial charge in [0.2, 0.25) is 5.91 Å². The van der Waals surface area contributed by atoms with Crippen molar-refractivity contribution in [3.05, 3.63) is 34.9 Å². The van der Waals surface area contributed by atoms with Crippen molar-refractivity contribution in [2.75, 3.05) is 33.7 Å². The lowest BCUT2D eigenvalue weighted by Crippen LogP contribution is -2.54. The van der Waals surface area contributed by atoms with Gasteiger partial charge < -0.3 is 26.0 Å². The summed E-state index contributed by atoms with van der Waals surface area (Å²) in [5.74, 6) is 0.502. The molecule has 1 aromatic carbocycles. The van der Waals surface area contributed by atoms with Gasteiger partial charge in [-0.05, 0) is 62.8 Å². The maximum Gasteiger partial charge on any atom is 0.317 e. The second kappa shape index (κ2) is 14.2. The van der Waals surface area contributed by atoms with E-state index in [1.165, 1.54) is 32.1 Å². The Bertz CT molecular complexity index is 848. The summed E-state index contributed by atoms with van der Waals surface area (Å²) in [6, 6.07) is 7.42. The van der Waals surface area contributed by atoms with Crippen LogP contribution in [0, 0.1) is 11.8 Å². The maximum absolute atomic E-state index is 13.4. The van der Waals surface area contributed by atoms with E-state index >= 15 is 0 Å². The molecule has 3 unspecified atom stereocenters. The van der Waals surface area contributed by atoms with Crippen LogP contribution in [0.25, 0.3) is 0 Å². The molecule has 1 saturated carbocycles. The van der Waals surface area contributed by atoms with Crippen LogP contribution < -0.4 is 16.0 Å². The standard InChI is InChI=1S/C28H45ClN4O3/c1-30-19-25(17-21-9-4-3-5-10-21)32-27(35)33-16-8-12-23(20-33)28(36,15-7-14-26(34)31-2)22-11-6-13-24(29)18-22/h6,11,13,18,21,23,25,30,36H,3-5,7-10,12,14-17,19-20H2,1-2H3,(H,31,34)(H,32,35). The quantitative estimate of drug-likeness (QED) is 0.347. The zero-order chi connectivity index (χ0) is 26.0. The van der Waals surface area contributed by atoms with Crippen LogP contribution in [0.4, 0.5) is 4.79 Å². The minimum absolute atomic E-state index is 0.0402. The van der Waals surface area contributed by atoms with Gasteiger partial charge in [0.1, 0.15) is 0 Å². The van der Waals surface area contributed by atoms with Crippen LogP contribution in [-0.4, -0.2) is 61.7 Å². The molecule has 3 atom stereocenters. The van der Waals surface area contributed by atoms with Gasteiger partial charge in [-0.15, -0.1) is 0 Å². The molecule has 2 aliphatic rings. The number of hydrogen-bond donors (Lipinski definition) is 4. The first-order chi connectivity index (χ1) is 17.4. The Morgan fingerprint density at radius 1 is 1.17 bits per heavy atom. The van der Waals surface area contributed by atoms with Crippen molar-refractivity contribution in [2.45, 2.75) is 82.3 Å². The Hall–Kier alpha value is -1.83. The molecule has 3 rings (SSSR count). The number of amides is 3. The summed E-state index contributed by atoms with van der Waals surface area (Å²) in [6.45, 7) is 1.91. The predicted molar refractivity (Wildman–Crippen MR) is 145 cm³/mol. The van der Waals surface area contributed by atoms with Crippen LogP contribution in [0.15, 0.2) is 24.3 Å². The zero-order valence-electron chi connectivity index (χ0n) is 22.0. The fourth-order valence-corrected chi connectivity index (χ4v) is 6.26. The molecule has 0 bridgehead atoms. The summed E-state index contributed by atoms with van der Waals surface area (Å²) in [7, 11) is 3.56. The molecule has 2 fully saturated rings. The third-order valence-electron chi connectivity index (χ3n) is 8.07. The van der Waals surface area contributed by atoms with Gasteiger partial charge in [-0.1, -0.05) is 55.8 Å². The van der Waals surface area contributed by atoms with Crippen molar-refractivity contribution >= 4 is 23.5 Å². The average Bonchev–Trinajstić information content (AvgIpc) is 2.89. The largest absolute Gasteiger partial charge is 0.385 e. The third-order valence-corrected chi connectivity index (χ3v) is 8.30. The van der Waals surface area contributed by atoms with E-state index in [0.29, 0.717) is 43.3 Å². The van der Waals surface area contributed by atoms with Crippen LogP contribution in [0.5, 0.6) is 0 Å². The molecule has 8 heteroatoms. The second-order valence-electron chi connectivity index (χ2n) is 10.7. The summed E-state index contributed by atoms with van der Waals surface area (Å²) in [6.07, 6.45) is 10.4. The Kier molecular flexibility index (Phi) is 11.3. The summed E-state index contributed by atoms with van der Waals surface area (Å²) < 4.78 is 0. The van der Waals surface area contributed by atoms with Crippen molar-refractivity contribution in [1.82, 2.24) is 20.9 Å². The van der Waals surface area contributed by atoms with Gasteiger partial charge in [-0.2, -0.15) is 0 Å². The highest BCUT2D eigenvalue weighted by atomic mass is 35.5. The number of nitrogens with zero attached hydrogens (tertiary/aromatic N) is 1. The number of nitrogens with one attached hydrogen (secondary N) is 3. The van der Waals surface area contributed by atoms with E-state index in [9.17, 15) is 14.7 Å². The zero-order valence-corrected chi connectivity index (χ0v) is 22.8. The Labute approximate surface area is 221 Å². The Morgan fingerprint density at radius 3 is 2.64 bits per heavy atom. The van der Waals surface area contributed by atoms with Gasteiger partial charge in [0, 0.05) is 50.1 Å². The van der Waals surface area contributed by atoms with Crippen molar-refractivity contribution in [3.8, 4) is 0 Å². The first-order valence-corrected chi connectivity index (χ1v) is 14.1. The lowest BCUT2D eigenvalue weighted by Gasteiger charge is -2.43. The third kappa shape index (κ3) is 8.09. The van der Waals surface area contributed by atoms with E-state index in [0.717, 1.165) is 31.4 Å². The Morgan fingerprint density at radius 2 is 1.94 bits per heavy atom. The molecule has 4 N–H and O–H groups in total. The molecule has 0 aromatic heterocycles. The molecule has 1 aliphatic carbocycles.